The predicted molar refractivity (Wildman–Crippen MR) is 72.6 cm³/mol. The zero-order valence-electron chi connectivity index (χ0n) is 11.7. The molecule has 2 aromatic heterocycles. The van der Waals surface area contributed by atoms with Gasteiger partial charge in [0.05, 0.1) is 11.8 Å². The van der Waals surface area contributed by atoms with E-state index in [1.165, 1.54) is 12.5 Å². The van der Waals surface area contributed by atoms with Gasteiger partial charge in [0, 0.05) is 12.5 Å². The summed E-state index contributed by atoms with van der Waals surface area (Å²) < 4.78 is 10.4. The van der Waals surface area contributed by atoms with E-state index in [4.69, 9.17) is 8.94 Å². The third-order valence-electron chi connectivity index (χ3n) is 4.22. The van der Waals surface area contributed by atoms with Crippen molar-refractivity contribution in [2.75, 3.05) is 6.54 Å². The molecule has 21 heavy (non-hydrogen) atoms. The smallest absolute Gasteiger partial charge is 0.257 e. The number of carbonyl (C=O) groups is 1. The van der Waals surface area contributed by atoms with E-state index in [-0.39, 0.29) is 11.9 Å². The predicted octanol–water partition coefficient (Wildman–Crippen LogP) is 2.91. The van der Waals surface area contributed by atoms with E-state index in [2.05, 4.69) is 10.1 Å². The third kappa shape index (κ3) is 2.34. The highest BCUT2D eigenvalue weighted by Crippen LogP contribution is 2.39. The summed E-state index contributed by atoms with van der Waals surface area (Å²) in [4.78, 5) is 18.9. The highest BCUT2D eigenvalue weighted by Gasteiger charge is 2.35. The van der Waals surface area contributed by atoms with Gasteiger partial charge in [0.1, 0.15) is 12.3 Å². The second-order valence-electron chi connectivity index (χ2n) is 5.79. The van der Waals surface area contributed by atoms with Crippen molar-refractivity contribution in [2.45, 2.75) is 44.1 Å². The van der Waals surface area contributed by atoms with Crippen molar-refractivity contribution in [3.8, 4) is 0 Å². The lowest BCUT2D eigenvalue weighted by Gasteiger charge is -2.33. The van der Waals surface area contributed by atoms with E-state index in [1.54, 1.807) is 6.07 Å². The number of aromatic nitrogens is 2. The highest BCUT2D eigenvalue weighted by atomic mass is 16.5. The lowest BCUT2D eigenvalue weighted by molar-refractivity contribution is 0.0560. The van der Waals surface area contributed by atoms with Crippen LogP contribution < -0.4 is 0 Å². The molecule has 6 heteroatoms. The number of piperidine rings is 1. The molecule has 2 fully saturated rings. The van der Waals surface area contributed by atoms with E-state index in [9.17, 15) is 4.79 Å². The van der Waals surface area contributed by atoms with Gasteiger partial charge in [-0.15, -0.1) is 0 Å². The molecule has 1 aliphatic heterocycles. The molecule has 4 rings (SSSR count). The second-order valence-corrected chi connectivity index (χ2v) is 5.79. The van der Waals surface area contributed by atoms with Gasteiger partial charge in [-0.3, -0.25) is 4.79 Å². The first-order valence-electron chi connectivity index (χ1n) is 7.49. The van der Waals surface area contributed by atoms with Gasteiger partial charge in [0.15, 0.2) is 5.82 Å². The number of amides is 1. The van der Waals surface area contributed by atoms with Gasteiger partial charge in [0.25, 0.3) is 5.91 Å². The molecule has 2 aromatic rings. The minimum atomic E-state index is -0.110. The quantitative estimate of drug-likeness (QED) is 0.867. The van der Waals surface area contributed by atoms with Gasteiger partial charge >= 0.3 is 0 Å². The van der Waals surface area contributed by atoms with E-state index >= 15 is 0 Å². The molecular formula is C15H17N3O3. The number of furan rings is 1. The maximum atomic E-state index is 12.6. The Balaban J connectivity index is 1.59. The van der Waals surface area contributed by atoms with Crippen molar-refractivity contribution in [3.63, 3.8) is 0 Å². The van der Waals surface area contributed by atoms with Crippen LogP contribution in [-0.2, 0) is 0 Å². The standard InChI is InChI=1S/C15H17N3O3/c19-15(11-6-8-20-9-11)18-7-2-1-3-12(18)14-16-13(17-21-14)10-4-5-10/h6,8-10,12H,1-5,7H2/t12-/m0/s1. The molecule has 0 aromatic carbocycles. The summed E-state index contributed by atoms with van der Waals surface area (Å²) in [5.41, 5.74) is 0.573. The topological polar surface area (TPSA) is 72.4 Å². The molecule has 0 N–H and O–H groups in total. The number of hydrogen-bond donors (Lipinski definition) is 0. The van der Waals surface area contributed by atoms with Crippen LogP contribution in [-0.4, -0.2) is 27.5 Å². The fourth-order valence-electron chi connectivity index (χ4n) is 2.87. The monoisotopic (exact) mass is 287 g/mol. The average molecular weight is 287 g/mol. The van der Waals surface area contributed by atoms with Crippen molar-refractivity contribution >= 4 is 5.91 Å². The van der Waals surface area contributed by atoms with Crippen LogP contribution in [0.3, 0.4) is 0 Å². The van der Waals surface area contributed by atoms with Crippen LogP contribution in [0.25, 0.3) is 0 Å². The minimum Gasteiger partial charge on any atom is -0.472 e. The van der Waals surface area contributed by atoms with Crippen LogP contribution in [0.1, 0.15) is 66.1 Å². The molecule has 1 saturated carbocycles. The zero-order chi connectivity index (χ0) is 14.2. The number of hydrogen-bond acceptors (Lipinski definition) is 5. The normalized spacial score (nSPS) is 22.5. The van der Waals surface area contributed by atoms with Gasteiger partial charge in [-0.25, -0.2) is 0 Å². The summed E-state index contributed by atoms with van der Waals surface area (Å²) in [6, 6.07) is 1.58. The SMILES string of the molecule is O=C(c1ccoc1)N1CCCC[C@H]1c1nc(C2CC2)no1. The molecule has 1 amide bonds. The van der Waals surface area contributed by atoms with Crippen LogP contribution >= 0.6 is 0 Å². The van der Waals surface area contributed by atoms with Crippen LogP contribution in [0.5, 0.6) is 0 Å². The van der Waals surface area contributed by atoms with Crippen molar-refractivity contribution < 1.29 is 13.7 Å². The first-order chi connectivity index (χ1) is 10.3. The number of carbonyl (C=O) groups excluding carboxylic acids is 1. The molecule has 0 bridgehead atoms. The molecule has 0 spiro atoms. The second kappa shape index (κ2) is 5.02. The highest BCUT2D eigenvalue weighted by molar-refractivity contribution is 5.94. The maximum absolute atomic E-state index is 12.6. The largest absolute Gasteiger partial charge is 0.472 e. The van der Waals surface area contributed by atoms with Crippen molar-refractivity contribution in [1.82, 2.24) is 15.0 Å². The Bertz CT molecular complexity index is 630. The number of nitrogens with zero attached hydrogens (tertiary/aromatic N) is 3. The third-order valence-corrected chi connectivity index (χ3v) is 4.22. The molecule has 1 aliphatic carbocycles. The van der Waals surface area contributed by atoms with Crippen LogP contribution in [0.4, 0.5) is 0 Å². The fraction of sp³-hybridized carbons (Fsp3) is 0.533. The van der Waals surface area contributed by atoms with Crippen LogP contribution in [0.15, 0.2) is 27.5 Å². The molecule has 1 atom stereocenters. The van der Waals surface area contributed by atoms with Crippen molar-refractivity contribution in [3.05, 3.63) is 35.9 Å². The molecule has 3 heterocycles. The summed E-state index contributed by atoms with van der Waals surface area (Å²) in [7, 11) is 0. The summed E-state index contributed by atoms with van der Waals surface area (Å²) in [5.74, 6) is 1.81. The summed E-state index contributed by atoms with van der Waals surface area (Å²) in [6.45, 7) is 0.718. The Morgan fingerprint density at radius 2 is 2.19 bits per heavy atom. The van der Waals surface area contributed by atoms with Gasteiger partial charge in [0.2, 0.25) is 5.89 Å². The molecular weight excluding hydrogens is 270 g/mol. The number of likely N-dealkylation sites (tertiary alicyclic amines) is 1. The average Bonchev–Trinajstić information content (AvgIpc) is 3.05. The lowest BCUT2D eigenvalue weighted by atomic mass is 10.0. The lowest BCUT2D eigenvalue weighted by Crippen LogP contribution is -2.38. The van der Waals surface area contributed by atoms with E-state index in [0.717, 1.165) is 44.5 Å². The van der Waals surface area contributed by atoms with Gasteiger partial charge < -0.3 is 13.8 Å². The summed E-state index contributed by atoms with van der Waals surface area (Å²) in [6.07, 6.45) is 8.23. The summed E-state index contributed by atoms with van der Waals surface area (Å²) >= 11 is 0. The van der Waals surface area contributed by atoms with Crippen LogP contribution in [0, 0.1) is 0 Å². The fourth-order valence-corrected chi connectivity index (χ4v) is 2.87. The van der Waals surface area contributed by atoms with Crippen LogP contribution in [0.2, 0.25) is 0 Å². The molecule has 0 radical (unpaired) electrons. The first-order valence-corrected chi connectivity index (χ1v) is 7.49. The number of rotatable bonds is 3. The van der Waals surface area contributed by atoms with E-state index in [1.807, 2.05) is 4.90 Å². The Kier molecular flexibility index (Phi) is 3.02. The Labute approximate surface area is 122 Å². The van der Waals surface area contributed by atoms with Gasteiger partial charge in [-0.2, -0.15) is 4.98 Å². The first kappa shape index (κ1) is 12.6. The van der Waals surface area contributed by atoms with Crippen molar-refractivity contribution in [2.24, 2.45) is 0 Å². The minimum absolute atomic E-state index is 0.0281. The summed E-state index contributed by atoms with van der Waals surface area (Å²) in [5, 5.41) is 4.07. The Morgan fingerprint density at radius 1 is 1.29 bits per heavy atom. The van der Waals surface area contributed by atoms with E-state index < -0.39 is 0 Å². The van der Waals surface area contributed by atoms with E-state index in [0.29, 0.717) is 17.4 Å². The van der Waals surface area contributed by atoms with Gasteiger partial charge in [-0.05, 0) is 38.2 Å². The Hall–Kier alpha value is -2.11. The van der Waals surface area contributed by atoms with Gasteiger partial charge in [-0.1, -0.05) is 5.16 Å². The molecule has 1 saturated heterocycles. The van der Waals surface area contributed by atoms with Crippen molar-refractivity contribution in [1.29, 1.82) is 0 Å². The molecule has 110 valence electrons. The molecule has 6 nitrogen and oxygen atoms in total. The molecule has 0 unspecified atom stereocenters. The molecule has 2 aliphatic rings. The Morgan fingerprint density at radius 3 is 2.95 bits per heavy atom. The zero-order valence-corrected chi connectivity index (χ0v) is 11.7. The maximum Gasteiger partial charge on any atom is 0.257 e.